The Kier molecular flexibility index (Phi) is 4.86. The van der Waals surface area contributed by atoms with Crippen molar-refractivity contribution < 1.29 is 9.59 Å². The molecule has 1 fully saturated rings. The normalized spacial score (nSPS) is 20.3. The number of amides is 2. The molecule has 124 valence electrons. The van der Waals surface area contributed by atoms with Crippen molar-refractivity contribution in [2.75, 3.05) is 0 Å². The lowest BCUT2D eigenvalue weighted by atomic mass is 9.91. The highest BCUT2D eigenvalue weighted by atomic mass is 35.5. The maximum atomic E-state index is 12.5. The summed E-state index contributed by atoms with van der Waals surface area (Å²) >= 11 is 6.10. The molecule has 1 aliphatic heterocycles. The third-order valence-electron chi connectivity index (χ3n) is 4.27. The maximum absolute atomic E-state index is 12.5. The average Bonchev–Trinajstić information content (AvgIpc) is 2.57. The molecule has 1 aliphatic rings. The van der Waals surface area contributed by atoms with Crippen LogP contribution in [0.4, 0.5) is 0 Å². The number of hydrogen-bond donors (Lipinski definition) is 2. The number of hydrogen-bond acceptors (Lipinski definition) is 2. The van der Waals surface area contributed by atoms with E-state index in [4.69, 9.17) is 11.6 Å². The van der Waals surface area contributed by atoms with Crippen molar-refractivity contribution in [2.24, 2.45) is 0 Å². The van der Waals surface area contributed by atoms with E-state index in [1.165, 1.54) is 0 Å². The maximum Gasteiger partial charge on any atom is 0.253 e. The Morgan fingerprint density at radius 3 is 2.58 bits per heavy atom. The molecule has 1 saturated heterocycles. The van der Waals surface area contributed by atoms with Gasteiger partial charge in [0.25, 0.3) is 5.91 Å². The van der Waals surface area contributed by atoms with Crippen LogP contribution in [0.2, 0.25) is 5.02 Å². The number of carbonyl (C=O) groups excluding carboxylic acids is 2. The lowest BCUT2D eigenvalue weighted by Gasteiger charge is -2.33. The lowest BCUT2D eigenvalue weighted by molar-refractivity contribution is -0.123. The van der Waals surface area contributed by atoms with Gasteiger partial charge >= 0.3 is 0 Å². The molecule has 2 aromatic rings. The van der Waals surface area contributed by atoms with Crippen molar-refractivity contribution in [2.45, 2.75) is 31.8 Å². The third-order valence-corrected chi connectivity index (χ3v) is 4.60. The number of piperidine rings is 1. The van der Waals surface area contributed by atoms with Crippen LogP contribution < -0.4 is 10.6 Å². The smallest absolute Gasteiger partial charge is 0.253 e. The molecule has 0 radical (unpaired) electrons. The first-order valence-electron chi connectivity index (χ1n) is 7.96. The van der Waals surface area contributed by atoms with E-state index in [-0.39, 0.29) is 23.9 Å². The van der Waals surface area contributed by atoms with Crippen molar-refractivity contribution >= 4 is 23.4 Å². The summed E-state index contributed by atoms with van der Waals surface area (Å²) in [5.41, 5.74) is 2.58. The van der Waals surface area contributed by atoms with Gasteiger partial charge in [0.2, 0.25) is 5.91 Å². The standard InChI is InChI=1S/C19H19ClN2O2/c1-12-6-8-13(9-7-12)18-16(10-11-17(23)22-18)21-19(24)14-4-2-3-5-15(14)20/h2-9,16,18H,10-11H2,1H3,(H,21,24)(H,22,23)/t16-,18+/m1/s1. The van der Waals surface area contributed by atoms with Crippen LogP contribution in [-0.4, -0.2) is 17.9 Å². The molecule has 24 heavy (non-hydrogen) atoms. The molecule has 2 amide bonds. The summed E-state index contributed by atoms with van der Waals surface area (Å²) < 4.78 is 0. The predicted molar refractivity (Wildman–Crippen MR) is 94.0 cm³/mol. The van der Waals surface area contributed by atoms with Gasteiger partial charge in [-0.15, -0.1) is 0 Å². The molecule has 3 rings (SSSR count). The average molecular weight is 343 g/mol. The fourth-order valence-corrected chi connectivity index (χ4v) is 3.16. The molecule has 0 aromatic heterocycles. The van der Waals surface area contributed by atoms with Gasteiger partial charge in [-0.25, -0.2) is 0 Å². The van der Waals surface area contributed by atoms with Crippen LogP contribution in [0.25, 0.3) is 0 Å². The lowest BCUT2D eigenvalue weighted by Crippen LogP contribution is -2.50. The Morgan fingerprint density at radius 1 is 1.17 bits per heavy atom. The van der Waals surface area contributed by atoms with Gasteiger partial charge in [-0.3, -0.25) is 9.59 Å². The fraction of sp³-hybridized carbons (Fsp3) is 0.263. The second-order valence-electron chi connectivity index (χ2n) is 6.05. The Balaban J connectivity index is 1.81. The van der Waals surface area contributed by atoms with E-state index >= 15 is 0 Å². The summed E-state index contributed by atoms with van der Waals surface area (Å²) in [5, 5.41) is 6.43. The summed E-state index contributed by atoms with van der Waals surface area (Å²) in [6, 6.07) is 14.5. The van der Waals surface area contributed by atoms with Gasteiger partial charge in [-0.05, 0) is 31.0 Å². The molecule has 5 heteroatoms. The summed E-state index contributed by atoms with van der Waals surface area (Å²) in [7, 11) is 0. The van der Waals surface area contributed by atoms with E-state index in [2.05, 4.69) is 10.6 Å². The zero-order valence-corrected chi connectivity index (χ0v) is 14.1. The molecule has 0 bridgehead atoms. The van der Waals surface area contributed by atoms with E-state index in [1.54, 1.807) is 24.3 Å². The first-order valence-corrected chi connectivity index (χ1v) is 8.34. The van der Waals surface area contributed by atoms with Crippen molar-refractivity contribution in [1.29, 1.82) is 0 Å². The van der Waals surface area contributed by atoms with Crippen LogP contribution in [-0.2, 0) is 4.79 Å². The minimum atomic E-state index is -0.238. The number of benzene rings is 2. The van der Waals surface area contributed by atoms with Crippen LogP contribution in [0.15, 0.2) is 48.5 Å². The van der Waals surface area contributed by atoms with Crippen molar-refractivity contribution in [1.82, 2.24) is 10.6 Å². The van der Waals surface area contributed by atoms with Crippen LogP contribution in [0.5, 0.6) is 0 Å². The molecule has 2 atom stereocenters. The Labute approximate surface area is 146 Å². The van der Waals surface area contributed by atoms with Gasteiger partial charge in [-0.1, -0.05) is 53.6 Å². The fourth-order valence-electron chi connectivity index (χ4n) is 2.94. The number of aryl methyl sites for hydroxylation is 1. The zero-order chi connectivity index (χ0) is 17.1. The number of nitrogens with one attached hydrogen (secondary N) is 2. The van der Waals surface area contributed by atoms with Crippen LogP contribution >= 0.6 is 11.6 Å². The summed E-state index contributed by atoms with van der Waals surface area (Å²) in [5.74, 6) is -0.220. The van der Waals surface area contributed by atoms with Crippen LogP contribution in [0.3, 0.4) is 0 Å². The quantitative estimate of drug-likeness (QED) is 0.898. The highest BCUT2D eigenvalue weighted by Crippen LogP contribution is 2.25. The Hall–Kier alpha value is -2.33. The molecule has 2 N–H and O–H groups in total. The molecule has 1 heterocycles. The van der Waals surface area contributed by atoms with Crippen LogP contribution in [0, 0.1) is 6.92 Å². The molecule has 0 unspecified atom stereocenters. The molecular formula is C19H19ClN2O2. The second kappa shape index (κ2) is 7.05. The van der Waals surface area contributed by atoms with Crippen molar-refractivity contribution in [3.63, 3.8) is 0 Å². The van der Waals surface area contributed by atoms with Gasteiger partial charge in [0.1, 0.15) is 0 Å². The predicted octanol–water partition coefficient (Wildman–Crippen LogP) is 3.40. The van der Waals surface area contributed by atoms with Gasteiger partial charge in [-0.2, -0.15) is 0 Å². The van der Waals surface area contributed by atoms with E-state index in [1.807, 2.05) is 31.2 Å². The second-order valence-corrected chi connectivity index (χ2v) is 6.46. The first-order chi connectivity index (χ1) is 11.5. The SMILES string of the molecule is Cc1ccc([C@@H]2NC(=O)CC[C@H]2NC(=O)c2ccccc2Cl)cc1. The Morgan fingerprint density at radius 2 is 1.88 bits per heavy atom. The first kappa shape index (κ1) is 16.5. The topological polar surface area (TPSA) is 58.2 Å². The van der Waals surface area contributed by atoms with Crippen molar-refractivity contribution in [3.05, 3.63) is 70.2 Å². The zero-order valence-electron chi connectivity index (χ0n) is 13.4. The Bertz CT molecular complexity index is 758. The van der Waals surface area contributed by atoms with Crippen LogP contribution in [0.1, 0.15) is 40.4 Å². The van der Waals surface area contributed by atoms with Gasteiger partial charge < -0.3 is 10.6 Å². The molecule has 0 saturated carbocycles. The van der Waals surface area contributed by atoms with E-state index in [9.17, 15) is 9.59 Å². The van der Waals surface area contributed by atoms with Gasteiger partial charge in [0, 0.05) is 6.42 Å². The molecule has 4 nitrogen and oxygen atoms in total. The molecule has 2 aromatic carbocycles. The monoisotopic (exact) mass is 342 g/mol. The summed E-state index contributed by atoms with van der Waals surface area (Å²) in [6.45, 7) is 2.01. The minimum absolute atomic E-state index is 0.00353. The van der Waals surface area contributed by atoms with Gasteiger partial charge in [0.15, 0.2) is 0 Å². The molecule has 0 aliphatic carbocycles. The van der Waals surface area contributed by atoms with Gasteiger partial charge in [0.05, 0.1) is 22.7 Å². The number of carbonyl (C=O) groups is 2. The third kappa shape index (κ3) is 3.60. The number of halogens is 1. The van der Waals surface area contributed by atoms with E-state index in [0.29, 0.717) is 23.4 Å². The summed E-state index contributed by atoms with van der Waals surface area (Å²) in [4.78, 5) is 24.4. The highest BCUT2D eigenvalue weighted by Gasteiger charge is 2.31. The molecule has 0 spiro atoms. The largest absolute Gasteiger partial charge is 0.347 e. The minimum Gasteiger partial charge on any atom is -0.347 e. The molecular weight excluding hydrogens is 324 g/mol. The number of rotatable bonds is 3. The van der Waals surface area contributed by atoms with E-state index < -0.39 is 0 Å². The highest BCUT2D eigenvalue weighted by molar-refractivity contribution is 6.33. The summed E-state index contributed by atoms with van der Waals surface area (Å²) in [6.07, 6.45) is 0.996. The van der Waals surface area contributed by atoms with Crippen molar-refractivity contribution in [3.8, 4) is 0 Å². The van der Waals surface area contributed by atoms with E-state index in [0.717, 1.165) is 11.1 Å².